The molecule has 186 valence electrons. The molecule has 2 amide bonds. The van der Waals surface area contributed by atoms with Crippen molar-refractivity contribution in [1.29, 1.82) is 0 Å². The van der Waals surface area contributed by atoms with Crippen LogP contribution in [-0.4, -0.2) is 66.5 Å². The Hall–Kier alpha value is -3.07. The normalized spacial score (nSPS) is 19.6. The van der Waals surface area contributed by atoms with E-state index in [1.807, 2.05) is 21.2 Å². The highest BCUT2D eigenvalue weighted by Crippen LogP contribution is 2.37. The summed E-state index contributed by atoms with van der Waals surface area (Å²) in [5.74, 6) is 1.37. The average molecular weight is 495 g/mol. The van der Waals surface area contributed by atoms with Crippen molar-refractivity contribution in [2.24, 2.45) is 11.0 Å². The zero-order valence-corrected chi connectivity index (χ0v) is 21.8. The van der Waals surface area contributed by atoms with Crippen LogP contribution < -0.4 is 15.2 Å². The van der Waals surface area contributed by atoms with E-state index < -0.39 is 0 Å². The van der Waals surface area contributed by atoms with E-state index in [0.717, 1.165) is 42.6 Å². The number of anilines is 2. The van der Waals surface area contributed by atoms with Gasteiger partial charge in [0.2, 0.25) is 12.2 Å². The van der Waals surface area contributed by atoms with Gasteiger partial charge < -0.3 is 9.80 Å². The summed E-state index contributed by atoms with van der Waals surface area (Å²) >= 11 is 1.47. The van der Waals surface area contributed by atoms with Gasteiger partial charge >= 0.3 is 0 Å². The highest BCUT2D eigenvalue weighted by atomic mass is 32.1. The zero-order valence-electron chi connectivity index (χ0n) is 21.0. The van der Waals surface area contributed by atoms with Gasteiger partial charge in [0.05, 0.1) is 5.69 Å². The number of amides is 2. The van der Waals surface area contributed by atoms with E-state index in [2.05, 4.69) is 66.2 Å². The molecule has 3 aliphatic rings. The predicted molar refractivity (Wildman–Crippen MR) is 141 cm³/mol. The quantitative estimate of drug-likeness (QED) is 0.664. The maximum absolute atomic E-state index is 13.1. The third-order valence-electron chi connectivity index (χ3n) is 6.94. The number of nitrogens with one attached hydrogen (secondary N) is 1. The number of aryl methyl sites for hydroxylation is 2. The van der Waals surface area contributed by atoms with E-state index in [0.29, 0.717) is 25.3 Å². The number of nitrogens with zero attached hydrogens (tertiary/aromatic N) is 5. The molecule has 1 aromatic heterocycles. The standard InChI is InChI=1S/C26H34N6O2S/c1-17(2)16-31-25(34)24-21(9-14-35-24)32-22(27-28-26(31)32)7-8-23(33)30-12-10-29(11-13-30)20-6-5-18(3)15-19(20)4/h5-6,9,14-15,17,26,28H,7-8,10-13,16H2,1-4H3. The molecule has 0 radical (unpaired) electrons. The summed E-state index contributed by atoms with van der Waals surface area (Å²) in [6.07, 6.45) is 0.627. The Morgan fingerprint density at radius 3 is 2.63 bits per heavy atom. The van der Waals surface area contributed by atoms with Gasteiger partial charge in [-0.2, -0.15) is 5.10 Å². The molecule has 1 fully saturated rings. The molecular weight excluding hydrogens is 460 g/mol. The van der Waals surface area contributed by atoms with Crippen LogP contribution in [-0.2, 0) is 4.79 Å². The van der Waals surface area contributed by atoms with Crippen molar-refractivity contribution in [3.05, 3.63) is 45.6 Å². The number of hydrogen-bond acceptors (Lipinski definition) is 7. The van der Waals surface area contributed by atoms with Crippen LogP contribution in [0.1, 0.15) is 47.5 Å². The van der Waals surface area contributed by atoms with Crippen LogP contribution in [0.25, 0.3) is 0 Å². The van der Waals surface area contributed by atoms with Gasteiger partial charge in [0, 0.05) is 51.3 Å². The fourth-order valence-corrected chi connectivity index (χ4v) is 6.08. The van der Waals surface area contributed by atoms with Gasteiger partial charge in [-0.1, -0.05) is 31.5 Å². The van der Waals surface area contributed by atoms with E-state index in [-0.39, 0.29) is 18.1 Å². The fourth-order valence-electron chi connectivity index (χ4n) is 5.24. The monoisotopic (exact) mass is 494 g/mol. The minimum absolute atomic E-state index is 0.0478. The molecule has 1 N–H and O–H groups in total. The first kappa shape index (κ1) is 23.7. The van der Waals surface area contributed by atoms with Crippen LogP contribution in [0.5, 0.6) is 0 Å². The average Bonchev–Trinajstić information content (AvgIpc) is 3.47. The second-order valence-electron chi connectivity index (χ2n) is 10.0. The molecule has 2 aromatic rings. The van der Waals surface area contributed by atoms with Gasteiger partial charge in [0.1, 0.15) is 10.7 Å². The molecule has 4 heterocycles. The summed E-state index contributed by atoms with van der Waals surface area (Å²) in [4.78, 5) is 35.2. The largest absolute Gasteiger partial charge is 0.368 e. The molecular formula is C26H34N6O2S. The summed E-state index contributed by atoms with van der Waals surface area (Å²) in [5.41, 5.74) is 7.86. The highest BCUT2D eigenvalue weighted by molar-refractivity contribution is 7.12. The molecule has 0 saturated carbocycles. The summed E-state index contributed by atoms with van der Waals surface area (Å²) < 4.78 is 0. The first-order valence-corrected chi connectivity index (χ1v) is 13.3. The minimum atomic E-state index is -0.321. The lowest BCUT2D eigenvalue weighted by Gasteiger charge is -2.40. The molecule has 0 aliphatic carbocycles. The summed E-state index contributed by atoms with van der Waals surface area (Å²) in [6, 6.07) is 8.54. The van der Waals surface area contributed by atoms with Crippen LogP contribution in [0, 0.1) is 19.8 Å². The molecule has 1 unspecified atom stereocenters. The number of carbonyl (C=O) groups excluding carboxylic acids is 2. The summed E-state index contributed by atoms with van der Waals surface area (Å²) in [5, 5.41) is 6.51. The molecule has 0 bridgehead atoms. The lowest BCUT2D eigenvalue weighted by Crippen LogP contribution is -2.59. The van der Waals surface area contributed by atoms with E-state index in [4.69, 9.17) is 0 Å². The van der Waals surface area contributed by atoms with Crippen molar-refractivity contribution >= 4 is 40.4 Å². The lowest BCUT2D eigenvalue weighted by atomic mass is 10.1. The smallest absolute Gasteiger partial charge is 0.269 e. The summed E-state index contributed by atoms with van der Waals surface area (Å²) in [6.45, 7) is 12.3. The Kier molecular flexibility index (Phi) is 6.44. The molecule has 1 aromatic carbocycles. The molecule has 8 nitrogen and oxygen atoms in total. The van der Waals surface area contributed by atoms with E-state index in [9.17, 15) is 9.59 Å². The predicted octanol–water partition coefficient (Wildman–Crippen LogP) is 3.61. The van der Waals surface area contributed by atoms with Gasteiger partial charge in [-0.25, -0.2) is 0 Å². The lowest BCUT2D eigenvalue weighted by molar-refractivity contribution is -0.131. The van der Waals surface area contributed by atoms with Crippen molar-refractivity contribution in [3.8, 4) is 0 Å². The van der Waals surface area contributed by atoms with Crippen molar-refractivity contribution in [1.82, 2.24) is 15.2 Å². The first-order valence-electron chi connectivity index (χ1n) is 12.4. The molecule has 1 saturated heterocycles. The minimum Gasteiger partial charge on any atom is -0.368 e. The van der Waals surface area contributed by atoms with E-state index >= 15 is 0 Å². The van der Waals surface area contributed by atoms with Gasteiger partial charge in [-0.3, -0.25) is 24.8 Å². The number of piperazine rings is 1. The van der Waals surface area contributed by atoms with Crippen LogP contribution in [0.4, 0.5) is 11.4 Å². The maximum Gasteiger partial charge on any atom is 0.269 e. The summed E-state index contributed by atoms with van der Waals surface area (Å²) in [7, 11) is 0. The third-order valence-corrected chi connectivity index (χ3v) is 7.83. The number of hydrogen-bond donors (Lipinski definition) is 1. The fraction of sp³-hybridized carbons (Fsp3) is 0.500. The molecule has 0 spiro atoms. The SMILES string of the molecule is Cc1ccc(N2CCN(C(=O)CCC3=NNC4N(CC(C)C)C(=O)c5sccc5N34)CC2)c(C)c1. The van der Waals surface area contributed by atoms with Crippen LogP contribution in [0.15, 0.2) is 34.7 Å². The van der Waals surface area contributed by atoms with E-state index in [1.54, 1.807) is 0 Å². The number of amidine groups is 1. The van der Waals surface area contributed by atoms with Crippen LogP contribution in [0.3, 0.4) is 0 Å². The Balaban J connectivity index is 1.20. The van der Waals surface area contributed by atoms with Crippen molar-refractivity contribution in [2.45, 2.75) is 46.8 Å². The number of benzene rings is 1. The van der Waals surface area contributed by atoms with Crippen molar-refractivity contribution in [2.75, 3.05) is 42.5 Å². The second kappa shape index (κ2) is 9.53. The van der Waals surface area contributed by atoms with Crippen molar-refractivity contribution in [3.63, 3.8) is 0 Å². The number of carbonyl (C=O) groups is 2. The third kappa shape index (κ3) is 4.49. The highest BCUT2D eigenvalue weighted by Gasteiger charge is 2.43. The van der Waals surface area contributed by atoms with Crippen LogP contribution in [0.2, 0.25) is 0 Å². The van der Waals surface area contributed by atoms with Crippen LogP contribution >= 0.6 is 11.3 Å². The van der Waals surface area contributed by atoms with Gasteiger partial charge in [0.15, 0.2) is 0 Å². The topological polar surface area (TPSA) is 71.5 Å². The zero-order chi connectivity index (χ0) is 24.7. The number of fused-ring (bicyclic) bond motifs is 3. The van der Waals surface area contributed by atoms with Gasteiger partial charge in [-0.15, -0.1) is 11.3 Å². The number of hydrazone groups is 1. The first-order chi connectivity index (χ1) is 16.8. The molecule has 35 heavy (non-hydrogen) atoms. The second-order valence-corrected chi connectivity index (χ2v) is 11.0. The Morgan fingerprint density at radius 2 is 1.91 bits per heavy atom. The molecule has 9 heteroatoms. The van der Waals surface area contributed by atoms with Crippen molar-refractivity contribution < 1.29 is 9.59 Å². The molecule has 5 rings (SSSR count). The molecule has 1 atom stereocenters. The van der Waals surface area contributed by atoms with Gasteiger partial charge in [-0.05, 0) is 42.8 Å². The van der Waals surface area contributed by atoms with E-state index in [1.165, 1.54) is 28.2 Å². The van der Waals surface area contributed by atoms with Gasteiger partial charge in [0.25, 0.3) is 5.91 Å². The molecule has 3 aliphatic heterocycles. The Bertz CT molecular complexity index is 1150. The maximum atomic E-state index is 13.1. The Labute approximate surface area is 211 Å². The number of thiophene rings is 1. The Morgan fingerprint density at radius 1 is 1.14 bits per heavy atom. The number of rotatable bonds is 6.